The summed E-state index contributed by atoms with van der Waals surface area (Å²) in [6, 6.07) is 5.00. The summed E-state index contributed by atoms with van der Waals surface area (Å²) in [5.41, 5.74) is 6.80. The number of methoxy groups -OCH3 is 1. The molecule has 2 aliphatic rings. The highest BCUT2D eigenvalue weighted by Gasteiger charge is 2.52. The van der Waals surface area contributed by atoms with Crippen LogP contribution in [-0.2, 0) is 9.59 Å². The summed E-state index contributed by atoms with van der Waals surface area (Å²) in [6.07, 6.45) is 1.61. The maximum atomic E-state index is 12.5. The summed E-state index contributed by atoms with van der Waals surface area (Å²) in [6.45, 7) is 2.09. The number of imide groups is 1. The Hall–Kier alpha value is -2.04. The molecule has 1 saturated carbocycles. The predicted octanol–water partition coefficient (Wildman–Crippen LogP) is 1.81. The molecular formula is C15H18N2O3. The molecule has 3 rings (SSSR count). The third kappa shape index (κ3) is 1.77. The van der Waals surface area contributed by atoms with E-state index in [2.05, 4.69) is 6.92 Å². The monoisotopic (exact) mass is 274 g/mol. The number of anilines is 2. The smallest absolute Gasteiger partial charge is 0.237 e. The number of hydrogen-bond acceptors (Lipinski definition) is 4. The molecular weight excluding hydrogens is 256 g/mol. The number of benzene rings is 1. The van der Waals surface area contributed by atoms with Crippen LogP contribution in [0.4, 0.5) is 11.4 Å². The molecule has 2 atom stereocenters. The molecule has 1 aliphatic carbocycles. The fourth-order valence-corrected chi connectivity index (χ4v) is 3.37. The highest BCUT2D eigenvalue weighted by atomic mass is 16.5. The number of nitrogens with two attached hydrogens (primary N) is 1. The zero-order chi connectivity index (χ0) is 14.4. The normalized spacial score (nSPS) is 28.9. The van der Waals surface area contributed by atoms with Crippen molar-refractivity contribution in [2.24, 2.45) is 17.8 Å². The van der Waals surface area contributed by atoms with Gasteiger partial charge in [-0.2, -0.15) is 0 Å². The largest absolute Gasteiger partial charge is 0.495 e. The van der Waals surface area contributed by atoms with Gasteiger partial charge in [0.25, 0.3) is 0 Å². The quantitative estimate of drug-likeness (QED) is 0.659. The Balaban J connectivity index is 1.96. The van der Waals surface area contributed by atoms with Crippen molar-refractivity contribution < 1.29 is 14.3 Å². The Kier molecular flexibility index (Phi) is 2.92. The fourth-order valence-electron chi connectivity index (χ4n) is 3.37. The van der Waals surface area contributed by atoms with Crippen molar-refractivity contribution in [3.8, 4) is 5.75 Å². The van der Waals surface area contributed by atoms with Gasteiger partial charge in [0, 0.05) is 6.07 Å². The number of nitrogens with zero attached hydrogens (tertiary/aromatic N) is 1. The van der Waals surface area contributed by atoms with Crippen LogP contribution in [0.1, 0.15) is 19.8 Å². The third-order valence-corrected chi connectivity index (χ3v) is 4.35. The van der Waals surface area contributed by atoms with Crippen LogP contribution in [0.3, 0.4) is 0 Å². The molecule has 1 aromatic rings. The molecule has 106 valence electrons. The second-order valence-corrected chi connectivity index (χ2v) is 5.73. The number of hydrogen-bond donors (Lipinski definition) is 1. The first-order valence-corrected chi connectivity index (χ1v) is 6.84. The molecule has 2 fully saturated rings. The number of carbonyl (C=O) groups is 2. The van der Waals surface area contributed by atoms with E-state index < -0.39 is 0 Å². The molecule has 0 bridgehead atoms. The van der Waals surface area contributed by atoms with Gasteiger partial charge in [-0.15, -0.1) is 0 Å². The van der Waals surface area contributed by atoms with Crippen LogP contribution in [0.5, 0.6) is 5.75 Å². The molecule has 0 spiro atoms. The molecule has 5 nitrogen and oxygen atoms in total. The van der Waals surface area contributed by atoms with Crippen molar-refractivity contribution in [3.05, 3.63) is 18.2 Å². The first-order valence-electron chi connectivity index (χ1n) is 6.84. The zero-order valence-corrected chi connectivity index (χ0v) is 11.6. The molecule has 0 aromatic heterocycles. The minimum atomic E-state index is -0.152. The van der Waals surface area contributed by atoms with Crippen molar-refractivity contribution in [1.29, 1.82) is 0 Å². The van der Waals surface area contributed by atoms with E-state index in [1.165, 1.54) is 12.0 Å². The van der Waals surface area contributed by atoms with Gasteiger partial charge in [0.1, 0.15) is 5.75 Å². The molecule has 5 heteroatoms. The molecule has 0 radical (unpaired) electrons. The highest BCUT2D eigenvalue weighted by molar-refractivity contribution is 6.22. The van der Waals surface area contributed by atoms with Crippen molar-refractivity contribution in [2.75, 3.05) is 17.7 Å². The lowest BCUT2D eigenvalue weighted by atomic mass is 10.00. The van der Waals surface area contributed by atoms with Gasteiger partial charge < -0.3 is 10.5 Å². The van der Waals surface area contributed by atoms with Gasteiger partial charge >= 0.3 is 0 Å². The number of amides is 2. The summed E-state index contributed by atoms with van der Waals surface area (Å²) in [4.78, 5) is 26.2. The lowest BCUT2D eigenvalue weighted by Crippen LogP contribution is -2.32. The van der Waals surface area contributed by atoms with Gasteiger partial charge in [0.05, 0.1) is 30.3 Å². The van der Waals surface area contributed by atoms with E-state index in [0.717, 1.165) is 12.8 Å². The minimum absolute atomic E-state index is 0.0869. The molecule has 1 saturated heterocycles. The number of carbonyl (C=O) groups excluding carboxylic acids is 2. The maximum Gasteiger partial charge on any atom is 0.237 e. The van der Waals surface area contributed by atoms with Gasteiger partial charge in [0.15, 0.2) is 0 Å². The average molecular weight is 274 g/mol. The standard InChI is InChI=1S/C15H18N2O3/c1-8-5-10-11(6-8)15(19)17(14(10)18)9-3-4-12(16)13(7-9)20-2/h3-4,7-8,10-11H,5-6,16H2,1-2H3. The first kappa shape index (κ1) is 13.0. The first-order chi connectivity index (χ1) is 9.52. The minimum Gasteiger partial charge on any atom is -0.495 e. The number of nitrogen functional groups attached to an aromatic ring is 1. The van der Waals surface area contributed by atoms with Crippen molar-refractivity contribution in [3.63, 3.8) is 0 Å². The topological polar surface area (TPSA) is 72.6 Å². The molecule has 2 amide bonds. The van der Waals surface area contributed by atoms with E-state index >= 15 is 0 Å². The second kappa shape index (κ2) is 4.51. The Morgan fingerprint density at radius 2 is 1.80 bits per heavy atom. The summed E-state index contributed by atoms with van der Waals surface area (Å²) < 4.78 is 5.15. The SMILES string of the molecule is COc1cc(N2C(=O)C3CC(C)CC3C2=O)ccc1N. The zero-order valence-electron chi connectivity index (χ0n) is 11.6. The Morgan fingerprint density at radius 1 is 1.20 bits per heavy atom. The van der Waals surface area contributed by atoms with Crippen molar-refractivity contribution in [1.82, 2.24) is 0 Å². The van der Waals surface area contributed by atoms with Gasteiger partial charge in [-0.25, -0.2) is 4.90 Å². The molecule has 2 unspecified atom stereocenters. The van der Waals surface area contributed by atoms with Gasteiger partial charge in [0.2, 0.25) is 11.8 Å². The second-order valence-electron chi connectivity index (χ2n) is 5.73. The van der Waals surface area contributed by atoms with Crippen LogP contribution in [0.2, 0.25) is 0 Å². The van der Waals surface area contributed by atoms with Crippen LogP contribution in [0.15, 0.2) is 18.2 Å². The van der Waals surface area contributed by atoms with Crippen LogP contribution in [-0.4, -0.2) is 18.9 Å². The van der Waals surface area contributed by atoms with Gasteiger partial charge in [-0.05, 0) is 30.9 Å². The van der Waals surface area contributed by atoms with Crippen molar-refractivity contribution in [2.45, 2.75) is 19.8 Å². The summed E-state index contributed by atoms with van der Waals surface area (Å²) in [7, 11) is 1.51. The lowest BCUT2D eigenvalue weighted by Gasteiger charge is -2.18. The van der Waals surface area contributed by atoms with Crippen LogP contribution < -0.4 is 15.4 Å². The predicted molar refractivity (Wildman–Crippen MR) is 75.3 cm³/mol. The summed E-state index contributed by atoms with van der Waals surface area (Å²) >= 11 is 0. The molecule has 1 heterocycles. The fraction of sp³-hybridized carbons (Fsp3) is 0.467. The van der Waals surface area contributed by atoms with E-state index in [0.29, 0.717) is 23.0 Å². The molecule has 20 heavy (non-hydrogen) atoms. The van der Waals surface area contributed by atoms with Crippen LogP contribution in [0, 0.1) is 17.8 Å². The van der Waals surface area contributed by atoms with E-state index in [1.54, 1.807) is 18.2 Å². The Bertz CT molecular complexity index is 560. The molecule has 1 aliphatic heterocycles. The van der Waals surface area contributed by atoms with Gasteiger partial charge in [-0.3, -0.25) is 9.59 Å². The van der Waals surface area contributed by atoms with Gasteiger partial charge in [-0.1, -0.05) is 6.92 Å². The van der Waals surface area contributed by atoms with E-state index in [4.69, 9.17) is 10.5 Å². The highest BCUT2D eigenvalue weighted by Crippen LogP contribution is 2.44. The Labute approximate surface area is 117 Å². The van der Waals surface area contributed by atoms with Crippen LogP contribution in [0.25, 0.3) is 0 Å². The summed E-state index contributed by atoms with van der Waals surface area (Å²) in [5.74, 6) is 0.448. The maximum absolute atomic E-state index is 12.5. The third-order valence-electron chi connectivity index (χ3n) is 4.35. The Morgan fingerprint density at radius 3 is 2.35 bits per heavy atom. The molecule has 1 aromatic carbocycles. The summed E-state index contributed by atoms with van der Waals surface area (Å²) in [5, 5.41) is 0. The number of ether oxygens (including phenoxy) is 1. The number of rotatable bonds is 2. The lowest BCUT2D eigenvalue weighted by molar-refractivity contribution is -0.123. The number of fused-ring (bicyclic) bond motifs is 1. The van der Waals surface area contributed by atoms with Crippen LogP contribution >= 0.6 is 0 Å². The van der Waals surface area contributed by atoms with E-state index in [9.17, 15) is 9.59 Å². The molecule has 2 N–H and O–H groups in total. The van der Waals surface area contributed by atoms with E-state index in [1.807, 2.05) is 0 Å². The average Bonchev–Trinajstić information content (AvgIpc) is 2.91. The van der Waals surface area contributed by atoms with E-state index in [-0.39, 0.29) is 23.7 Å². The van der Waals surface area contributed by atoms with Crippen molar-refractivity contribution >= 4 is 23.2 Å².